The van der Waals surface area contributed by atoms with Gasteiger partial charge in [-0.05, 0) is 24.6 Å². The molecule has 1 aromatic carbocycles. The molecule has 0 bridgehead atoms. The smallest absolute Gasteiger partial charge is 0.338 e. The normalized spacial score (nSPS) is 9.72. The van der Waals surface area contributed by atoms with Gasteiger partial charge in [0.15, 0.2) is 0 Å². The minimum absolute atomic E-state index is 0.242. The minimum Gasteiger partial charge on any atom is -0.462 e. The number of nitrogens with zero attached hydrogens (tertiary/aromatic N) is 1. The standard InChI is InChI=1S/C13H18N2O3/c1-4-8-18-12(16)10-6-5-7-11(9-10)14-13(17)15(2)3/h5-7,9H,4,8H2,1-3H3,(H,14,17). The van der Waals surface area contributed by atoms with Crippen molar-refractivity contribution in [3.8, 4) is 0 Å². The van der Waals surface area contributed by atoms with E-state index in [9.17, 15) is 9.59 Å². The van der Waals surface area contributed by atoms with Crippen molar-refractivity contribution in [2.45, 2.75) is 13.3 Å². The highest BCUT2D eigenvalue weighted by Crippen LogP contribution is 2.12. The van der Waals surface area contributed by atoms with Gasteiger partial charge in [-0.2, -0.15) is 0 Å². The second-order valence-electron chi connectivity index (χ2n) is 4.04. The first-order valence-electron chi connectivity index (χ1n) is 5.80. The van der Waals surface area contributed by atoms with Gasteiger partial charge in [-0.15, -0.1) is 0 Å². The number of rotatable bonds is 4. The molecule has 2 amide bonds. The quantitative estimate of drug-likeness (QED) is 0.834. The first kappa shape index (κ1) is 14.0. The van der Waals surface area contributed by atoms with E-state index >= 15 is 0 Å². The SMILES string of the molecule is CCCOC(=O)c1cccc(NC(=O)N(C)C)c1. The van der Waals surface area contributed by atoms with Crippen molar-refractivity contribution < 1.29 is 14.3 Å². The molecule has 0 heterocycles. The van der Waals surface area contributed by atoms with Gasteiger partial charge in [-0.25, -0.2) is 9.59 Å². The number of nitrogens with one attached hydrogen (secondary N) is 1. The van der Waals surface area contributed by atoms with E-state index in [1.165, 1.54) is 4.90 Å². The lowest BCUT2D eigenvalue weighted by molar-refractivity contribution is 0.0505. The predicted octanol–water partition coefficient (Wildman–Crippen LogP) is 2.35. The summed E-state index contributed by atoms with van der Waals surface area (Å²) in [5, 5.41) is 2.67. The number of ether oxygens (including phenoxy) is 1. The summed E-state index contributed by atoms with van der Waals surface area (Å²) in [4.78, 5) is 24.5. The number of amides is 2. The van der Waals surface area contributed by atoms with Crippen molar-refractivity contribution in [2.75, 3.05) is 26.0 Å². The summed E-state index contributed by atoms with van der Waals surface area (Å²) in [7, 11) is 3.30. The second kappa shape index (κ2) is 6.64. The number of hydrogen-bond acceptors (Lipinski definition) is 3. The molecule has 0 radical (unpaired) electrons. The van der Waals surface area contributed by atoms with Gasteiger partial charge in [-0.1, -0.05) is 13.0 Å². The summed E-state index contributed by atoms with van der Waals surface area (Å²) in [5.41, 5.74) is 1.000. The molecule has 1 aromatic rings. The number of anilines is 1. The number of benzene rings is 1. The van der Waals surface area contributed by atoms with Gasteiger partial charge in [0.05, 0.1) is 12.2 Å². The highest BCUT2D eigenvalue weighted by atomic mass is 16.5. The van der Waals surface area contributed by atoms with E-state index in [1.54, 1.807) is 38.4 Å². The van der Waals surface area contributed by atoms with E-state index in [1.807, 2.05) is 6.92 Å². The Kier molecular flexibility index (Phi) is 5.17. The molecule has 1 N–H and O–H groups in total. The molecule has 0 fully saturated rings. The van der Waals surface area contributed by atoms with Gasteiger partial charge in [0, 0.05) is 19.8 Å². The lowest BCUT2D eigenvalue weighted by Gasteiger charge is -2.12. The predicted molar refractivity (Wildman–Crippen MR) is 69.7 cm³/mol. The van der Waals surface area contributed by atoms with Gasteiger partial charge < -0.3 is 15.0 Å². The maximum absolute atomic E-state index is 11.6. The number of carbonyl (C=O) groups is 2. The van der Waals surface area contributed by atoms with E-state index in [0.717, 1.165) is 6.42 Å². The first-order chi connectivity index (χ1) is 8.54. The Labute approximate surface area is 107 Å². The summed E-state index contributed by atoms with van der Waals surface area (Å²) >= 11 is 0. The molecule has 0 atom stereocenters. The molecule has 5 nitrogen and oxygen atoms in total. The number of carbonyl (C=O) groups excluding carboxylic acids is 2. The van der Waals surface area contributed by atoms with Crippen LogP contribution in [0.4, 0.5) is 10.5 Å². The van der Waals surface area contributed by atoms with Gasteiger partial charge in [-0.3, -0.25) is 0 Å². The largest absolute Gasteiger partial charge is 0.462 e. The molecular formula is C13H18N2O3. The summed E-state index contributed by atoms with van der Waals surface area (Å²) in [6, 6.07) is 6.43. The summed E-state index contributed by atoms with van der Waals surface area (Å²) in [6.07, 6.45) is 0.781. The summed E-state index contributed by atoms with van der Waals surface area (Å²) in [6.45, 7) is 2.33. The topological polar surface area (TPSA) is 58.6 Å². The van der Waals surface area contributed by atoms with Crippen LogP contribution in [0.5, 0.6) is 0 Å². The van der Waals surface area contributed by atoms with Crippen LogP contribution < -0.4 is 5.32 Å². The third kappa shape index (κ3) is 4.08. The van der Waals surface area contributed by atoms with Crippen molar-refractivity contribution in [1.29, 1.82) is 0 Å². The molecule has 0 spiro atoms. The third-order valence-electron chi connectivity index (χ3n) is 2.19. The molecule has 1 rings (SSSR count). The molecule has 0 aliphatic rings. The molecule has 98 valence electrons. The fourth-order valence-electron chi connectivity index (χ4n) is 1.24. The lowest BCUT2D eigenvalue weighted by Crippen LogP contribution is -2.27. The fraction of sp³-hybridized carbons (Fsp3) is 0.385. The molecular weight excluding hydrogens is 232 g/mol. The molecule has 0 saturated carbocycles. The van der Waals surface area contributed by atoms with Crippen LogP contribution in [-0.4, -0.2) is 37.6 Å². The minimum atomic E-state index is -0.377. The Hall–Kier alpha value is -2.04. The Bertz CT molecular complexity index is 430. The van der Waals surface area contributed by atoms with Gasteiger partial charge >= 0.3 is 12.0 Å². The molecule has 0 aromatic heterocycles. The van der Waals surface area contributed by atoms with Crippen LogP contribution in [0.15, 0.2) is 24.3 Å². The monoisotopic (exact) mass is 250 g/mol. The molecule has 18 heavy (non-hydrogen) atoms. The molecule has 0 saturated heterocycles. The Morgan fingerprint density at radius 2 is 2.06 bits per heavy atom. The van der Waals surface area contributed by atoms with Gasteiger partial charge in [0.2, 0.25) is 0 Å². The highest BCUT2D eigenvalue weighted by Gasteiger charge is 2.09. The Balaban J connectivity index is 2.73. The van der Waals surface area contributed by atoms with Crippen molar-refractivity contribution in [1.82, 2.24) is 4.90 Å². The zero-order valence-corrected chi connectivity index (χ0v) is 10.9. The zero-order valence-electron chi connectivity index (χ0n) is 10.9. The summed E-state index contributed by atoms with van der Waals surface area (Å²) < 4.78 is 5.02. The maximum Gasteiger partial charge on any atom is 0.338 e. The molecule has 5 heteroatoms. The van der Waals surface area contributed by atoms with E-state index < -0.39 is 0 Å². The zero-order chi connectivity index (χ0) is 13.5. The Morgan fingerprint density at radius 3 is 2.67 bits per heavy atom. The van der Waals surface area contributed by atoms with Crippen LogP contribution in [0.1, 0.15) is 23.7 Å². The summed E-state index contributed by atoms with van der Waals surface area (Å²) in [5.74, 6) is -0.377. The Morgan fingerprint density at radius 1 is 1.33 bits per heavy atom. The number of urea groups is 1. The van der Waals surface area contributed by atoms with Crippen molar-refractivity contribution in [2.24, 2.45) is 0 Å². The van der Waals surface area contributed by atoms with Crippen LogP contribution in [0.3, 0.4) is 0 Å². The van der Waals surface area contributed by atoms with Gasteiger partial charge in [0.25, 0.3) is 0 Å². The van der Waals surface area contributed by atoms with E-state index in [2.05, 4.69) is 5.32 Å². The van der Waals surface area contributed by atoms with E-state index in [-0.39, 0.29) is 12.0 Å². The van der Waals surface area contributed by atoms with E-state index in [4.69, 9.17) is 4.74 Å². The van der Waals surface area contributed by atoms with Crippen molar-refractivity contribution in [3.05, 3.63) is 29.8 Å². The maximum atomic E-state index is 11.6. The highest BCUT2D eigenvalue weighted by molar-refractivity contribution is 5.93. The van der Waals surface area contributed by atoms with Crippen LogP contribution in [0, 0.1) is 0 Å². The average Bonchev–Trinajstić information content (AvgIpc) is 2.36. The second-order valence-corrected chi connectivity index (χ2v) is 4.04. The third-order valence-corrected chi connectivity index (χ3v) is 2.19. The average molecular weight is 250 g/mol. The van der Waals surface area contributed by atoms with Crippen LogP contribution in [0.2, 0.25) is 0 Å². The van der Waals surface area contributed by atoms with Crippen LogP contribution >= 0.6 is 0 Å². The molecule has 0 aliphatic carbocycles. The first-order valence-corrected chi connectivity index (χ1v) is 5.80. The number of hydrogen-bond donors (Lipinski definition) is 1. The van der Waals surface area contributed by atoms with E-state index in [0.29, 0.717) is 17.9 Å². The lowest BCUT2D eigenvalue weighted by atomic mass is 10.2. The molecule has 0 unspecified atom stereocenters. The molecule has 0 aliphatic heterocycles. The van der Waals surface area contributed by atoms with Crippen LogP contribution in [-0.2, 0) is 4.74 Å². The number of esters is 1. The fourth-order valence-corrected chi connectivity index (χ4v) is 1.24. The van der Waals surface area contributed by atoms with Crippen molar-refractivity contribution in [3.63, 3.8) is 0 Å². The van der Waals surface area contributed by atoms with Gasteiger partial charge in [0.1, 0.15) is 0 Å². The van der Waals surface area contributed by atoms with Crippen LogP contribution in [0.25, 0.3) is 0 Å². The van der Waals surface area contributed by atoms with Crippen molar-refractivity contribution >= 4 is 17.7 Å².